The zero-order chi connectivity index (χ0) is 22.5. The molecule has 0 saturated carbocycles. The molecule has 34 heavy (non-hydrogen) atoms. The minimum Gasteiger partial charge on any atom is -0.336 e. The molecule has 2 saturated heterocycles. The molecule has 2 atom stereocenters. The number of hydrogen-bond donors (Lipinski definition) is 0. The van der Waals surface area contributed by atoms with Crippen LogP contribution in [0.15, 0.2) is 87.8 Å². The van der Waals surface area contributed by atoms with Gasteiger partial charge in [0.05, 0.1) is 11.4 Å². The quantitative estimate of drug-likeness (QED) is 0.385. The van der Waals surface area contributed by atoms with Crippen LogP contribution in [0.5, 0.6) is 0 Å². The van der Waals surface area contributed by atoms with Crippen molar-refractivity contribution in [2.24, 2.45) is 0 Å². The summed E-state index contributed by atoms with van der Waals surface area (Å²) in [6, 6.07) is 22.2. The average molecular weight is 484 g/mol. The van der Waals surface area contributed by atoms with E-state index in [9.17, 15) is 0 Å². The van der Waals surface area contributed by atoms with E-state index in [0.29, 0.717) is 18.1 Å². The van der Waals surface area contributed by atoms with Gasteiger partial charge in [0, 0.05) is 52.6 Å². The van der Waals surface area contributed by atoms with Crippen LogP contribution in [0.4, 0.5) is 11.4 Å². The van der Waals surface area contributed by atoms with Gasteiger partial charge >= 0.3 is 0 Å². The standard InChI is InChI=1S/C29H29N3S2/c1-2-6-28-26(5-1)32(27-10-7-21(16-29(27)34-28)20-11-13-30-14-12-20)24-17-22-8-9-23(18-24)31(22)19-25-4-3-15-33-25/h1-2,4-7,10-14,16,22-24H,3,8-9,15,17-19H2. The third kappa shape index (κ3) is 3.69. The van der Waals surface area contributed by atoms with Gasteiger partial charge in [-0.2, -0.15) is 0 Å². The van der Waals surface area contributed by atoms with Crippen LogP contribution < -0.4 is 4.90 Å². The van der Waals surface area contributed by atoms with E-state index in [1.807, 2.05) is 24.2 Å². The summed E-state index contributed by atoms with van der Waals surface area (Å²) in [5, 5.41) is 0. The molecule has 4 aliphatic rings. The number of pyridine rings is 1. The molecule has 0 N–H and O–H groups in total. The van der Waals surface area contributed by atoms with E-state index in [1.165, 1.54) is 76.7 Å². The number of piperidine rings is 1. The molecule has 4 aliphatic heterocycles. The summed E-state index contributed by atoms with van der Waals surface area (Å²) in [6.07, 6.45) is 12.7. The zero-order valence-electron chi connectivity index (χ0n) is 19.3. The Morgan fingerprint density at radius 1 is 0.824 bits per heavy atom. The molecule has 2 aromatic carbocycles. The second-order valence-electron chi connectivity index (χ2n) is 9.85. The maximum atomic E-state index is 4.20. The lowest BCUT2D eigenvalue weighted by Crippen LogP contribution is -2.50. The number of anilines is 2. The monoisotopic (exact) mass is 483 g/mol. The van der Waals surface area contributed by atoms with Crippen molar-refractivity contribution in [1.82, 2.24) is 9.88 Å². The molecule has 7 rings (SSSR count). The van der Waals surface area contributed by atoms with Crippen molar-refractivity contribution in [3.8, 4) is 11.1 Å². The summed E-state index contributed by atoms with van der Waals surface area (Å²) in [5.41, 5.74) is 5.27. The minimum absolute atomic E-state index is 0.562. The smallest absolute Gasteiger partial charge is 0.0555 e. The molecule has 3 aromatic rings. The number of aromatic nitrogens is 1. The third-order valence-corrected chi connectivity index (χ3v) is 10.1. The number of nitrogens with zero attached hydrogens (tertiary/aromatic N) is 3. The summed E-state index contributed by atoms with van der Waals surface area (Å²) in [6.45, 7) is 1.19. The van der Waals surface area contributed by atoms with E-state index < -0.39 is 0 Å². The summed E-state index contributed by atoms with van der Waals surface area (Å²) in [4.78, 5) is 14.1. The normalized spacial score (nSPS) is 25.7. The number of thioether (sulfide) groups is 1. The van der Waals surface area contributed by atoms with Crippen LogP contribution in [0, 0.1) is 0 Å². The third-order valence-electron chi connectivity index (χ3n) is 7.92. The Morgan fingerprint density at radius 3 is 2.41 bits per heavy atom. The van der Waals surface area contributed by atoms with Crippen molar-refractivity contribution in [1.29, 1.82) is 0 Å². The highest BCUT2D eigenvalue weighted by Crippen LogP contribution is 2.52. The number of fused-ring (bicyclic) bond motifs is 4. The molecule has 0 spiro atoms. The topological polar surface area (TPSA) is 19.4 Å². The van der Waals surface area contributed by atoms with E-state index >= 15 is 0 Å². The Labute approximate surface area is 210 Å². The number of benzene rings is 2. The van der Waals surface area contributed by atoms with Gasteiger partial charge in [0.25, 0.3) is 0 Å². The Kier molecular flexibility index (Phi) is 5.45. The first-order chi connectivity index (χ1) is 16.8. The molecule has 0 radical (unpaired) electrons. The summed E-state index contributed by atoms with van der Waals surface area (Å²) < 4.78 is 0. The van der Waals surface area contributed by atoms with Crippen LogP contribution in [0.1, 0.15) is 32.1 Å². The number of para-hydroxylation sites is 1. The predicted molar refractivity (Wildman–Crippen MR) is 144 cm³/mol. The molecular formula is C29H29N3S2. The van der Waals surface area contributed by atoms with Gasteiger partial charge in [0.2, 0.25) is 0 Å². The molecule has 5 heteroatoms. The zero-order valence-corrected chi connectivity index (χ0v) is 20.9. The molecule has 0 aliphatic carbocycles. The van der Waals surface area contributed by atoms with Crippen molar-refractivity contribution < 1.29 is 0 Å². The van der Waals surface area contributed by atoms with Gasteiger partial charge in [-0.3, -0.25) is 9.88 Å². The summed E-state index contributed by atoms with van der Waals surface area (Å²) >= 11 is 4.00. The fraction of sp³-hybridized carbons (Fsp3) is 0.345. The highest BCUT2D eigenvalue weighted by atomic mass is 32.2. The molecule has 0 amide bonds. The molecule has 2 unspecified atom stereocenters. The lowest BCUT2D eigenvalue weighted by molar-refractivity contribution is 0.142. The Morgan fingerprint density at radius 2 is 1.62 bits per heavy atom. The highest BCUT2D eigenvalue weighted by Gasteiger charge is 2.44. The van der Waals surface area contributed by atoms with Crippen molar-refractivity contribution in [3.63, 3.8) is 0 Å². The van der Waals surface area contributed by atoms with Crippen LogP contribution in [-0.2, 0) is 0 Å². The van der Waals surface area contributed by atoms with E-state index in [2.05, 4.69) is 87.2 Å². The van der Waals surface area contributed by atoms with Gasteiger partial charge in [-0.25, -0.2) is 0 Å². The first kappa shape index (κ1) is 21.1. The first-order valence-corrected chi connectivity index (χ1v) is 14.3. The number of allylic oxidation sites excluding steroid dienone is 1. The molecule has 2 bridgehead atoms. The minimum atomic E-state index is 0.562. The van der Waals surface area contributed by atoms with E-state index in [4.69, 9.17) is 0 Å². The van der Waals surface area contributed by atoms with Crippen molar-refractivity contribution >= 4 is 34.9 Å². The van der Waals surface area contributed by atoms with Crippen LogP contribution in [0.2, 0.25) is 0 Å². The van der Waals surface area contributed by atoms with Gasteiger partial charge in [0.1, 0.15) is 0 Å². The van der Waals surface area contributed by atoms with Crippen molar-refractivity contribution in [2.45, 2.75) is 60.0 Å². The van der Waals surface area contributed by atoms with Gasteiger partial charge in [-0.15, -0.1) is 11.8 Å². The molecular weight excluding hydrogens is 454 g/mol. The summed E-state index contributed by atoms with van der Waals surface area (Å²) in [7, 11) is 0. The fourth-order valence-corrected chi connectivity index (χ4v) is 8.46. The highest BCUT2D eigenvalue weighted by molar-refractivity contribution is 8.03. The van der Waals surface area contributed by atoms with Gasteiger partial charge in [0.15, 0.2) is 0 Å². The predicted octanol–water partition coefficient (Wildman–Crippen LogP) is 7.37. The van der Waals surface area contributed by atoms with Crippen molar-refractivity contribution in [3.05, 3.63) is 78.0 Å². The van der Waals surface area contributed by atoms with E-state index in [1.54, 1.807) is 4.91 Å². The molecule has 1 aromatic heterocycles. The van der Waals surface area contributed by atoms with Gasteiger partial charge < -0.3 is 4.90 Å². The number of rotatable bonds is 4. The van der Waals surface area contributed by atoms with Gasteiger partial charge in [-0.05, 0) is 84.5 Å². The fourth-order valence-electron chi connectivity index (χ4n) is 6.38. The Hall–Kier alpha value is -2.21. The average Bonchev–Trinajstić information content (AvgIpc) is 3.47. The molecule has 172 valence electrons. The summed E-state index contributed by atoms with van der Waals surface area (Å²) in [5.74, 6) is 1.28. The molecule has 5 heterocycles. The van der Waals surface area contributed by atoms with E-state index in [0.717, 1.165) is 0 Å². The van der Waals surface area contributed by atoms with Crippen molar-refractivity contribution in [2.75, 3.05) is 17.2 Å². The molecule has 2 fully saturated rings. The Balaban J connectivity index is 1.22. The Bertz CT molecular complexity index is 1230. The maximum Gasteiger partial charge on any atom is 0.0555 e. The SMILES string of the molecule is C1=C(CN2C3CCC2CC(N2c4ccccc4Sc4cc(-c5ccncc5)ccc42)C3)SCC1. The molecule has 3 nitrogen and oxygen atoms in total. The largest absolute Gasteiger partial charge is 0.336 e. The van der Waals surface area contributed by atoms with E-state index in [-0.39, 0.29) is 0 Å². The van der Waals surface area contributed by atoms with Crippen LogP contribution in [0.3, 0.4) is 0 Å². The second-order valence-corrected chi connectivity index (χ2v) is 12.2. The lowest BCUT2D eigenvalue weighted by atomic mass is 9.94. The maximum absolute atomic E-state index is 4.20. The lowest BCUT2D eigenvalue weighted by Gasteiger charge is -2.46. The van der Waals surface area contributed by atoms with Gasteiger partial charge in [-0.1, -0.05) is 36.0 Å². The van der Waals surface area contributed by atoms with Crippen LogP contribution in [0.25, 0.3) is 11.1 Å². The number of hydrogen-bond acceptors (Lipinski definition) is 5. The first-order valence-electron chi connectivity index (χ1n) is 12.5. The van der Waals surface area contributed by atoms with Crippen LogP contribution in [-0.4, -0.2) is 40.3 Å². The van der Waals surface area contributed by atoms with Crippen LogP contribution >= 0.6 is 23.5 Å². The second kappa shape index (κ2) is 8.78.